The van der Waals surface area contributed by atoms with Crippen LogP contribution in [0.5, 0.6) is 0 Å². The summed E-state index contributed by atoms with van der Waals surface area (Å²) in [7, 11) is 0. The van der Waals surface area contributed by atoms with Crippen molar-refractivity contribution in [2.75, 3.05) is 18.4 Å². The average molecular weight is 309 g/mol. The van der Waals surface area contributed by atoms with Gasteiger partial charge in [-0.1, -0.05) is 20.8 Å². The first kappa shape index (κ1) is 16.4. The second kappa shape index (κ2) is 7.36. The molecule has 1 aliphatic rings. The molecule has 1 N–H and O–H groups in total. The lowest BCUT2D eigenvalue weighted by Gasteiger charge is -2.29. The molecule has 2 heterocycles. The van der Waals surface area contributed by atoms with Crippen LogP contribution in [0.4, 0.5) is 5.13 Å². The zero-order chi connectivity index (χ0) is 15.4. The lowest BCUT2D eigenvalue weighted by atomic mass is 9.99. The van der Waals surface area contributed by atoms with Gasteiger partial charge in [0.05, 0.1) is 5.69 Å². The normalized spacial score (nSPS) is 17.4. The fourth-order valence-electron chi connectivity index (χ4n) is 2.59. The van der Waals surface area contributed by atoms with E-state index in [0.717, 1.165) is 23.3 Å². The van der Waals surface area contributed by atoms with E-state index in [4.69, 9.17) is 0 Å². The van der Waals surface area contributed by atoms with Crippen molar-refractivity contribution in [3.63, 3.8) is 0 Å². The maximum Gasteiger partial charge on any atom is 0.226 e. The molecular formula is C16H27N3OS. The summed E-state index contributed by atoms with van der Waals surface area (Å²) in [4.78, 5) is 20.1. The van der Waals surface area contributed by atoms with Crippen molar-refractivity contribution >= 4 is 22.4 Å². The molecule has 21 heavy (non-hydrogen) atoms. The molecule has 1 aromatic heterocycles. The first-order valence-electron chi connectivity index (χ1n) is 7.92. The highest BCUT2D eigenvalue weighted by Crippen LogP contribution is 2.26. The molecule has 0 unspecified atom stereocenters. The Hall–Kier alpha value is -0.940. The minimum Gasteiger partial charge on any atom is -0.302 e. The Morgan fingerprint density at radius 3 is 2.71 bits per heavy atom. The number of rotatable bonds is 5. The van der Waals surface area contributed by atoms with Crippen LogP contribution in [-0.2, 0) is 11.3 Å². The van der Waals surface area contributed by atoms with Gasteiger partial charge in [0.25, 0.3) is 0 Å². The highest BCUT2D eigenvalue weighted by Gasteiger charge is 2.18. The van der Waals surface area contributed by atoms with Crippen LogP contribution in [0.2, 0.25) is 0 Å². The van der Waals surface area contributed by atoms with Gasteiger partial charge in [-0.25, -0.2) is 4.98 Å². The van der Waals surface area contributed by atoms with Crippen LogP contribution in [0.25, 0.3) is 0 Å². The van der Waals surface area contributed by atoms with Crippen molar-refractivity contribution in [2.24, 2.45) is 11.8 Å². The number of anilines is 1. The van der Waals surface area contributed by atoms with Crippen molar-refractivity contribution in [1.82, 2.24) is 9.88 Å². The number of piperidine rings is 1. The van der Waals surface area contributed by atoms with Gasteiger partial charge in [-0.3, -0.25) is 9.69 Å². The summed E-state index contributed by atoms with van der Waals surface area (Å²) >= 11 is 1.62. The standard InChI is InChI=1S/C16H27N3OS/c1-11(2)9-15(20)18-16-17-13(4)14(21-16)10-19-7-5-12(3)6-8-19/h11-12H,5-10H2,1-4H3,(H,17,18,20). The fourth-order valence-corrected chi connectivity index (χ4v) is 3.61. The molecule has 4 nitrogen and oxygen atoms in total. The van der Waals surface area contributed by atoms with Gasteiger partial charge in [0, 0.05) is 17.8 Å². The summed E-state index contributed by atoms with van der Waals surface area (Å²) in [6.45, 7) is 11.8. The first-order valence-corrected chi connectivity index (χ1v) is 8.74. The van der Waals surface area contributed by atoms with Gasteiger partial charge in [-0.05, 0) is 44.7 Å². The molecule has 2 rings (SSSR count). The number of likely N-dealkylation sites (tertiary alicyclic amines) is 1. The quantitative estimate of drug-likeness (QED) is 0.902. The molecule has 0 bridgehead atoms. The van der Waals surface area contributed by atoms with Crippen LogP contribution < -0.4 is 5.32 Å². The predicted octanol–water partition coefficient (Wildman–Crippen LogP) is 3.67. The van der Waals surface area contributed by atoms with E-state index in [0.29, 0.717) is 12.3 Å². The van der Waals surface area contributed by atoms with Crippen LogP contribution in [-0.4, -0.2) is 28.9 Å². The van der Waals surface area contributed by atoms with Gasteiger partial charge in [-0.2, -0.15) is 0 Å². The lowest BCUT2D eigenvalue weighted by molar-refractivity contribution is -0.116. The highest BCUT2D eigenvalue weighted by atomic mass is 32.1. The third kappa shape index (κ3) is 5.08. The molecule has 1 amide bonds. The number of nitrogens with one attached hydrogen (secondary N) is 1. The van der Waals surface area contributed by atoms with Crippen molar-refractivity contribution in [3.8, 4) is 0 Å². The second-order valence-electron chi connectivity index (χ2n) is 6.63. The van der Waals surface area contributed by atoms with Crippen molar-refractivity contribution in [1.29, 1.82) is 0 Å². The van der Waals surface area contributed by atoms with Crippen molar-refractivity contribution < 1.29 is 4.79 Å². The van der Waals surface area contributed by atoms with Gasteiger partial charge >= 0.3 is 0 Å². The number of nitrogens with zero attached hydrogens (tertiary/aromatic N) is 2. The van der Waals surface area contributed by atoms with Crippen LogP contribution in [0, 0.1) is 18.8 Å². The molecule has 0 saturated carbocycles. The van der Waals surface area contributed by atoms with Crippen molar-refractivity contribution in [2.45, 2.75) is 53.5 Å². The number of hydrogen-bond donors (Lipinski definition) is 1. The van der Waals surface area contributed by atoms with Gasteiger partial charge in [0.15, 0.2) is 5.13 Å². The third-order valence-corrected chi connectivity index (χ3v) is 5.03. The Bertz CT molecular complexity index is 476. The molecule has 1 saturated heterocycles. The van der Waals surface area contributed by atoms with Crippen LogP contribution in [0.3, 0.4) is 0 Å². The predicted molar refractivity (Wildman–Crippen MR) is 88.6 cm³/mol. The molecule has 1 aromatic rings. The maximum absolute atomic E-state index is 11.8. The Labute approximate surface area is 132 Å². The topological polar surface area (TPSA) is 45.2 Å². The van der Waals surface area contributed by atoms with Crippen LogP contribution >= 0.6 is 11.3 Å². The van der Waals surface area contributed by atoms with E-state index in [1.165, 1.54) is 30.8 Å². The molecule has 0 radical (unpaired) electrons. The molecule has 0 aliphatic carbocycles. The molecule has 0 atom stereocenters. The minimum atomic E-state index is 0.0668. The highest BCUT2D eigenvalue weighted by molar-refractivity contribution is 7.15. The number of carbonyl (C=O) groups excluding carboxylic acids is 1. The van der Waals surface area contributed by atoms with Crippen LogP contribution in [0.1, 0.15) is 50.6 Å². The summed E-state index contributed by atoms with van der Waals surface area (Å²) in [6.07, 6.45) is 3.13. The number of aromatic nitrogens is 1. The Morgan fingerprint density at radius 2 is 2.10 bits per heavy atom. The summed E-state index contributed by atoms with van der Waals surface area (Å²) in [5.74, 6) is 1.30. The van der Waals surface area contributed by atoms with Gasteiger partial charge in [0.1, 0.15) is 0 Å². The molecular weight excluding hydrogens is 282 g/mol. The molecule has 0 aromatic carbocycles. The third-order valence-electron chi connectivity index (χ3n) is 3.98. The monoisotopic (exact) mass is 309 g/mol. The summed E-state index contributed by atoms with van der Waals surface area (Å²) in [5.41, 5.74) is 1.05. The minimum absolute atomic E-state index is 0.0668. The van der Waals surface area contributed by atoms with E-state index in [9.17, 15) is 4.79 Å². The Morgan fingerprint density at radius 1 is 1.43 bits per heavy atom. The number of hydrogen-bond acceptors (Lipinski definition) is 4. The average Bonchev–Trinajstić information content (AvgIpc) is 2.71. The smallest absolute Gasteiger partial charge is 0.226 e. The molecule has 0 spiro atoms. The van der Waals surface area contributed by atoms with E-state index in [-0.39, 0.29) is 5.91 Å². The lowest BCUT2D eigenvalue weighted by Crippen LogP contribution is -2.32. The second-order valence-corrected chi connectivity index (χ2v) is 7.72. The molecule has 5 heteroatoms. The summed E-state index contributed by atoms with van der Waals surface area (Å²) < 4.78 is 0. The van der Waals surface area contributed by atoms with Gasteiger partial charge in [0.2, 0.25) is 5.91 Å². The molecule has 1 aliphatic heterocycles. The zero-order valence-electron chi connectivity index (χ0n) is 13.6. The SMILES string of the molecule is Cc1nc(NC(=O)CC(C)C)sc1CN1CCC(C)CC1. The summed E-state index contributed by atoms with van der Waals surface area (Å²) in [5, 5.41) is 3.68. The largest absolute Gasteiger partial charge is 0.302 e. The van der Waals surface area contributed by atoms with Crippen LogP contribution in [0.15, 0.2) is 0 Å². The Kier molecular flexibility index (Phi) is 5.76. The van der Waals surface area contributed by atoms with E-state index >= 15 is 0 Å². The van der Waals surface area contributed by atoms with E-state index in [1.807, 2.05) is 6.92 Å². The zero-order valence-corrected chi connectivity index (χ0v) is 14.4. The first-order chi connectivity index (χ1) is 9.94. The number of amides is 1. The van der Waals surface area contributed by atoms with Gasteiger partial charge < -0.3 is 5.32 Å². The molecule has 1 fully saturated rings. The fraction of sp³-hybridized carbons (Fsp3) is 0.750. The van der Waals surface area contributed by atoms with E-state index in [2.05, 4.69) is 36.0 Å². The molecule has 118 valence electrons. The Balaban J connectivity index is 1.91. The number of thiazole rings is 1. The van der Waals surface area contributed by atoms with E-state index < -0.39 is 0 Å². The van der Waals surface area contributed by atoms with Gasteiger partial charge in [-0.15, -0.1) is 11.3 Å². The van der Waals surface area contributed by atoms with Crippen molar-refractivity contribution in [3.05, 3.63) is 10.6 Å². The number of carbonyl (C=O) groups is 1. The van der Waals surface area contributed by atoms with E-state index in [1.54, 1.807) is 11.3 Å². The summed E-state index contributed by atoms with van der Waals surface area (Å²) in [6, 6.07) is 0. The maximum atomic E-state index is 11.8. The number of aryl methyl sites for hydroxylation is 1.